The van der Waals surface area contributed by atoms with Gasteiger partial charge < -0.3 is 10.6 Å². The Labute approximate surface area is 156 Å². The first-order chi connectivity index (χ1) is 12.6. The molecule has 1 aromatic carbocycles. The predicted molar refractivity (Wildman–Crippen MR) is 104 cm³/mol. The van der Waals surface area contributed by atoms with Gasteiger partial charge in [-0.15, -0.1) is 11.3 Å². The number of carbonyl (C=O) groups is 2. The number of aryl methyl sites for hydroxylation is 1. The second-order valence-electron chi connectivity index (χ2n) is 6.02. The zero-order chi connectivity index (χ0) is 18.5. The van der Waals surface area contributed by atoms with Gasteiger partial charge in [0.1, 0.15) is 4.83 Å². The molecule has 0 fully saturated rings. The van der Waals surface area contributed by atoms with E-state index in [-0.39, 0.29) is 18.2 Å². The van der Waals surface area contributed by atoms with E-state index in [9.17, 15) is 9.59 Å². The Kier molecular flexibility index (Phi) is 5.68. The Bertz CT molecular complexity index is 914. The van der Waals surface area contributed by atoms with E-state index < -0.39 is 0 Å². The number of fused-ring (bicyclic) bond motifs is 1. The van der Waals surface area contributed by atoms with Crippen LogP contribution in [-0.2, 0) is 4.79 Å². The number of thiophene rings is 1. The largest absolute Gasteiger partial charge is 0.356 e. The summed E-state index contributed by atoms with van der Waals surface area (Å²) in [5, 5.41) is 11.2. The highest BCUT2D eigenvalue weighted by molar-refractivity contribution is 7.20. The lowest BCUT2D eigenvalue weighted by atomic mass is 10.3. The summed E-state index contributed by atoms with van der Waals surface area (Å²) in [6.45, 7) is 4.93. The Morgan fingerprint density at radius 1 is 1.15 bits per heavy atom. The Hall–Kier alpha value is -2.67. The predicted octanol–water partition coefficient (Wildman–Crippen LogP) is 3.04. The van der Waals surface area contributed by atoms with Crippen molar-refractivity contribution in [3.05, 3.63) is 47.0 Å². The van der Waals surface area contributed by atoms with Crippen LogP contribution in [0.1, 0.15) is 35.1 Å². The lowest BCUT2D eigenvalue weighted by molar-refractivity contribution is -0.120. The fraction of sp³-hybridized carbons (Fsp3) is 0.316. The van der Waals surface area contributed by atoms with Crippen LogP contribution < -0.4 is 10.6 Å². The molecule has 0 aliphatic carbocycles. The highest BCUT2D eigenvalue weighted by Gasteiger charge is 2.17. The number of hydrogen-bond donors (Lipinski definition) is 2. The van der Waals surface area contributed by atoms with Gasteiger partial charge in [-0.3, -0.25) is 9.59 Å². The minimum absolute atomic E-state index is 0.0425. The molecule has 2 aromatic heterocycles. The van der Waals surface area contributed by atoms with E-state index in [1.807, 2.05) is 54.9 Å². The third-order valence-electron chi connectivity index (χ3n) is 3.98. The van der Waals surface area contributed by atoms with Gasteiger partial charge in [-0.25, -0.2) is 4.68 Å². The first-order valence-electron chi connectivity index (χ1n) is 8.69. The topological polar surface area (TPSA) is 76.0 Å². The molecule has 0 atom stereocenters. The molecule has 0 saturated carbocycles. The van der Waals surface area contributed by atoms with Crippen LogP contribution in [0.2, 0.25) is 0 Å². The Morgan fingerprint density at radius 3 is 2.65 bits per heavy atom. The van der Waals surface area contributed by atoms with E-state index in [2.05, 4.69) is 15.7 Å². The zero-order valence-corrected chi connectivity index (χ0v) is 15.7. The quantitative estimate of drug-likeness (QED) is 0.671. The minimum Gasteiger partial charge on any atom is -0.356 e. The average Bonchev–Trinajstić information content (AvgIpc) is 3.21. The fourth-order valence-electron chi connectivity index (χ4n) is 2.63. The first-order valence-corrected chi connectivity index (χ1v) is 9.51. The second-order valence-corrected chi connectivity index (χ2v) is 7.05. The third-order valence-corrected chi connectivity index (χ3v) is 5.09. The number of benzene rings is 1. The smallest absolute Gasteiger partial charge is 0.261 e. The monoisotopic (exact) mass is 370 g/mol. The molecule has 0 unspecified atom stereocenters. The van der Waals surface area contributed by atoms with Gasteiger partial charge in [0, 0.05) is 24.9 Å². The second kappa shape index (κ2) is 8.14. The molecule has 2 N–H and O–H groups in total. The SMILES string of the molecule is CCCNC(=O)CCNC(=O)c1cc2c(C)nn(-c3ccccc3)c2s1. The van der Waals surface area contributed by atoms with Crippen LogP contribution in [0.25, 0.3) is 15.9 Å². The van der Waals surface area contributed by atoms with Crippen LogP contribution in [-0.4, -0.2) is 34.7 Å². The van der Waals surface area contributed by atoms with E-state index >= 15 is 0 Å². The van der Waals surface area contributed by atoms with Gasteiger partial charge in [0.15, 0.2) is 0 Å². The van der Waals surface area contributed by atoms with Gasteiger partial charge in [0.2, 0.25) is 5.91 Å². The number of amides is 2. The molecule has 3 rings (SSSR count). The lowest BCUT2D eigenvalue weighted by Gasteiger charge is -2.05. The molecule has 2 amide bonds. The normalized spacial score (nSPS) is 10.8. The van der Waals surface area contributed by atoms with Gasteiger partial charge >= 0.3 is 0 Å². The van der Waals surface area contributed by atoms with Crippen molar-refractivity contribution in [1.29, 1.82) is 0 Å². The van der Waals surface area contributed by atoms with Crippen LogP contribution in [0.3, 0.4) is 0 Å². The van der Waals surface area contributed by atoms with Crippen molar-refractivity contribution in [2.24, 2.45) is 0 Å². The molecule has 0 saturated heterocycles. The molecular formula is C19H22N4O2S. The summed E-state index contributed by atoms with van der Waals surface area (Å²) in [6, 6.07) is 11.7. The molecule has 0 bridgehead atoms. The summed E-state index contributed by atoms with van der Waals surface area (Å²) in [5.41, 5.74) is 1.85. The highest BCUT2D eigenvalue weighted by Crippen LogP contribution is 2.30. The first kappa shape index (κ1) is 18.1. The number of rotatable bonds is 7. The Morgan fingerprint density at radius 2 is 1.92 bits per heavy atom. The molecule has 2 heterocycles. The molecule has 0 aliphatic heterocycles. The number of hydrogen-bond acceptors (Lipinski definition) is 4. The number of aromatic nitrogens is 2. The van der Waals surface area contributed by atoms with E-state index in [1.165, 1.54) is 11.3 Å². The van der Waals surface area contributed by atoms with Crippen molar-refractivity contribution in [2.75, 3.05) is 13.1 Å². The summed E-state index contributed by atoms with van der Waals surface area (Å²) < 4.78 is 1.87. The van der Waals surface area contributed by atoms with E-state index in [0.29, 0.717) is 18.0 Å². The van der Waals surface area contributed by atoms with E-state index in [4.69, 9.17) is 0 Å². The summed E-state index contributed by atoms with van der Waals surface area (Å²) in [4.78, 5) is 25.6. The molecule has 7 heteroatoms. The van der Waals surface area contributed by atoms with Crippen molar-refractivity contribution in [3.63, 3.8) is 0 Å². The van der Waals surface area contributed by atoms with Gasteiger partial charge in [-0.05, 0) is 31.5 Å². The zero-order valence-electron chi connectivity index (χ0n) is 14.9. The summed E-state index contributed by atoms with van der Waals surface area (Å²) in [7, 11) is 0. The van der Waals surface area contributed by atoms with Crippen LogP contribution >= 0.6 is 11.3 Å². The number of para-hydroxylation sites is 1. The number of nitrogens with one attached hydrogen (secondary N) is 2. The van der Waals surface area contributed by atoms with Crippen LogP contribution in [0.15, 0.2) is 36.4 Å². The lowest BCUT2D eigenvalue weighted by Crippen LogP contribution is -2.30. The van der Waals surface area contributed by atoms with Crippen LogP contribution in [0.4, 0.5) is 0 Å². The van der Waals surface area contributed by atoms with Gasteiger partial charge in [0.05, 0.1) is 16.3 Å². The average molecular weight is 370 g/mol. The van der Waals surface area contributed by atoms with Gasteiger partial charge in [-0.2, -0.15) is 5.10 Å². The molecule has 136 valence electrons. The van der Waals surface area contributed by atoms with Crippen molar-refractivity contribution >= 4 is 33.4 Å². The van der Waals surface area contributed by atoms with E-state index in [0.717, 1.165) is 28.0 Å². The number of nitrogens with zero attached hydrogens (tertiary/aromatic N) is 2. The molecule has 6 nitrogen and oxygen atoms in total. The Balaban J connectivity index is 1.71. The fourth-order valence-corrected chi connectivity index (χ4v) is 3.73. The van der Waals surface area contributed by atoms with Crippen molar-refractivity contribution < 1.29 is 9.59 Å². The van der Waals surface area contributed by atoms with Crippen LogP contribution in [0.5, 0.6) is 0 Å². The molecule has 3 aromatic rings. The van der Waals surface area contributed by atoms with Crippen molar-refractivity contribution in [2.45, 2.75) is 26.7 Å². The summed E-state index contributed by atoms with van der Waals surface area (Å²) in [5.74, 6) is -0.201. The maximum absolute atomic E-state index is 12.4. The molecule has 26 heavy (non-hydrogen) atoms. The van der Waals surface area contributed by atoms with Crippen LogP contribution in [0, 0.1) is 6.92 Å². The molecular weight excluding hydrogens is 348 g/mol. The van der Waals surface area contributed by atoms with Gasteiger partial charge in [-0.1, -0.05) is 25.1 Å². The standard InChI is InChI=1S/C19H22N4O2S/c1-3-10-20-17(24)9-11-21-18(25)16-12-15-13(2)22-23(19(15)26-16)14-7-5-4-6-8-14/h4-8,12H,3,9-11H2,1-2H3,(H,20,24)(H,21,25). The van der Waals surface area contributed by atoms with Crippen molar-refractivity contribution in [1.82, 2.24) is 20.4 Å². The summed E-state index contributed by atoms with van der Waals surface area (Å²) in [6.07, 6.45) is 1.19. The van der Waals surface area contributed by atoms with Crippen molar-refractivity contribution in [3.8, 4) is 5.69 Å². The molecule has 0 aliphatic rings. The maximum Gasteiger partial charge on any atom is 0.261 e. The summed E-state index contributed by atoms with van der Waals surface area (Å²) >= 11 is 1.41. The number of carbonyl (C=O) groups excluding carboxylic acids is 2. The molecule has 0 radical (unpaired) electrons. The molecule has 0 spiro atoms. The van der Waals surface area contributed by atoms with E-state index in [1.54, 1.807) is 0 Å². The minimum atomic E-state index is -0.159. The third kappa shape index (κ3) is 3.94. The highest BCUT2D eigenvalue weighted by atomic mass is 32.1. The maximum atomic E-state index is 12.4. The van der Waals surface area contributed by atoms with Gasteiger partial charge in [0.25, 0.3) is 5.91 Å².